The zero-order valence-corrected chi connectivity index (χ0v) is 5.92. The van der Waals surface area contributed by atoms with Gasteiger partial charge in [0.05, 0.1) is 0 Å². The molecule has 0 fully saturated rings. The standard InChI is InChI=1S/C8H8.Ni/c1-2-4-6-8-7-5-3-1;/h1-8H;/b2-1-,3-1?,4-2?,5-3-,6-4?,7-5?,8-6?,8-7?;. The van der Waals surface area contributed by atoms with Gasteiger partial charge in [-0.3, -0.25) is 0 Å². The van der Waals surface area contributed by atoms with Crippen molar-refractivity contribution in [3.05, 3.63) is 48.6 Å². The summed E-state index contributed by atoms with van der Waals surface area (Å²) in [5.41, 5.74) is 0. The maximum absolute atomic E-state index is 2.00. The van der Waals surface area contributed by atoms with Gasteiger partial charge < -0.3 is 0 Å². The van der Waals surface area contributed by atoms with E-state index >= 15 is 0 Å². The molecule has 0 radical (unpaired) electrons. The monoisotopic (exact) mass is 162 g/mol. The normalized spacial score (nSPS) is 21.3. The molecule has 1 aliphatic carbocycles. The fourth-order valence-electron chi connectivity index (χ4n) is 0.513. The van der Waals surface area contributed by atoms with Gasteiger partial charge in [-0.1, -0.05) is 48.6 Å². The van der Waals surface area contributed by atoms with E-state index < -0.39 is 0 Å². The van der Waals surface area contributed by atoms with Gasteiger partial charge in [-0.2, -0.15) is 0 Å². The molecule has 0 aromatic carbocycles. The summed E-state index contributed by atoms with van der Waals surface area (Å²) >= 11 is 0. The second-order valence-electron chi connectivity index (χ2n) is 1.54. The molecule has 0 nitrogen and oxygen atoms in total. The van der Waals surface area contributed by atoms with Crippen molar-refractivity contribution in [2.75, 3.05) is 0 Å². The minimum atomic E-state index is 0. The minimum absolute atomic E-state index is 0. The molecule has 0 aliphatic heterocycles. The van der Waals surface area contributed by atoms with Crippen LogP contribution in [0.4, 0.5) is 0 Å². The molecule has 0 aromatic rings. The van der Waals surface area contributed by atoms with Gasteiger partial charge >= 0.3 is 0 Å². The quantitative estimate of drug-likeness (QED) is 0.480. The predicted octanol–water partition coefficient (Wildman–Crippen LogP) is 2.22. The van der Waals surface area contributed by atoms with Crippen molar-refractivity contribution >= 4 is 0 Å². The number of hydrogen-bond acceptors (Lipinski definition) is 0. The largest absolute Gasteiger partial charge is 0.0623 e. The Bertz CT molecular complexity index is 105. The summed E-state index contributed by atoms with van der Waals surface area (Å²) in [5, 5.41) is 0. The van der Waals surface area contributed by atoms with Crippen LogP contribution in [-0.2, 0) is 16.5 Å². The Balaban J connectivity index is 0.000000640. The molecule has 1 aliphatic rings. The Morgan fingerprint density at radius 2 is 0.444 bits per heavy atom. The fraction of sp³-hybridized carbons (Fsp3) is 0. The molecule has 0 bridgehead atoms. The third kappa shape index (κ3) is 3.99. The van der Waals surface area contributed by atoms with Gasteiger partial charge in [0, 0.05) is 16.5 Å². The molecule has 0 spiro atoms. The van der Waals surface area contributed by atoms with Crippen LogP contribution in [0, 0.1) is 0 Å². The van der Waals surface area contributed by atoms with E-state index in [2.05, 4.69) is 0 Å². The van der Waals surface area contributed by atoms with Gasteiger partial charge in [0.25, 0.3) is 0 Å². The zero-order valence-electron chi connectivity index (χ0n) is 4.94. The summed E-state index contributed by atoms with van der Waals surface area (Å²) < 4.78 is 0. The van der Waals surface area contributed by atoms with E-state index in [1.807, 2.05) is 48.6 Å². The molecule has 0 saturated heterocycles. The summed E-state index contributed by atoms with van der Waals surface area (Å²) in [4.78, 5) is 0. The van der Waals surface area contributed by atoms with Crippen molar-refractivity contribution in [3.8, 4) is 0 Å². The topological polar surface area (TPSA) is 0 Å². The molecule has 0 heterocycles. The van der Waals surface area contributed by atoms with E-state index in [0.29, 0.717) is 0 Å². The molecule has 0 saturated carbocycles. The fourth-order valence-corrected chi connectivity index (χ4v) is 0.513. The van der Waals surface area contributed by atoms with Crippen molar-refractivity contribution in [2.45, 2.75) is 0 Å². The Hall–Kier alpha value is -0.546. The van der Waals surface area contributed by atoms with Crippen LogP contribution in [-0.4, -0.2) is 0 Å². The van der Waals surface area contributed by atoms with Gasteiger partial charge in [-0.15, -0.1) is 0 Å². The van der Waals surface area contributed by atoms with Crippen LogP contribution in [0.2, 0.25) is 0 Å². The zero-order chi connectivity index (χ0) is 5.66. The summed E-state index contributed by atoms with van der Waals surface area (Å²) in [6, 6.07) is 0. The van der Waals surface area contributed by atoms with E-state index in [1.165, 1.54) is 0 Å². The number of rotatable bonds is 0. The van der Waals surface area contributed by atoms with Crippen molar-refractivity contribution < 1.29 is 16.5 Å². The van der Waals surface area contributed by atoms with Crippen molar-refractivity contribution in [3.63, 3.8) is 0 Å². The maximum atomic E-state index is 2.00. The van der Waals surface area contributed by atoms with E-state index in [-0.39, 0.29) is 16.5 Å². The molecule has 0 unspecified atom stereocenters. The van der Waals surface area contributed by atoms with Crippen molar-refractivity contribution in [2.24, 2.45) is 0 Å². The molecule has 0 atom stereocenters. The summed E-state index contributed by atoms with van der Waals surface area (Å²) in [5.74, 6) is 0. The summed E-state index contributed by atoms with van der Waals surface area (Å²) in [6.07, 6.45) is 16.0. The van der Waals surface area contributed by atoms with Crippen LogP contribution < -0.4 is 0 Å². The summed E-state index contributed by atoms with van der Waals surface area (Å²) in [7, 11) is 0. The van der Waals surface area contributed by atoms with E-state index in [0.717, 1.165) is 0 Å². The smallest absolute Gasteiger partial charge is 0 e. The second-order valence-corrected chi connectivity index (χ2v) is 1.54. The Morgan fingerprint density at radius 1 is 0.333 bits per heavy atom. The van der Waals surface area contributed by atoms with Crippen LogP contribution in [0.5, 0.6) is 0 Å². The van der Waals surface area contributed by atoms with Gasteiger partial charge in [0.1, 0.15) is 0 Å². The molecule has 1 heteroatoms. The average Bonchev–Trinajstić information content (AvgIpc) is 1.62. The maximum Gasteiger partial charge on any atom is 0 e. The van der Waals surface area contributed by atoms with E-state index in [1.54, 1.807) is 0 Å². The molecule has 1 rings (SSSR count). The average molecular weight is 163 g/mol. The molecular weight excluding hydrogens is 155 g/mol. The molecule has 0 amide bonds. The van der Waals surface area contributed by atoms with E-state index in [9.17, 15) is 0 Å². The van der Waals surface area contributed by atoms with Gasteiger partial charge in [-0.05, 0) is 0 Å². The SMILES string of the molecule is C1=C/C=C\C=C/C=C1.[Ni]. The van der Waals surface area contributed by atoms with Crippen molar-refractivity contribution in [1.29, 1.82) is 0 Å². The van der Waals surface area contributed by atoms with Gasteiger partial charge in [0.15, 0.2) is 0 Å². The van der Waals surface area contributed by atoms with Gasteiger partial charge in [0.2, 0.25) is 0 Å². The summed E-state index contributed by atoms with van der Waals surface area (Å²) in [6.45, 7) is 0. The van der Waals surface area contributed by atoms with Crippen LogP contribution in [0.3, 0.4) is 0 Å². The Morgan fingerprint density at radius 3 is 0.556 bits per heavy atom. The van der Waals surface area contributed by atoms with Crippen molar-refractivity contribution in [1.82, 2.24) is 0 Å². The first-order valence-corrected chi connectivity index (χ1v) is 2.67. The molecular formula is C8H8Ni. The van der Waals surface area contributed by atoms with Crippen LogP contribution >= 0.6 is 0 Å². The molecule has 50 valence electrons. The van der Waals surface area contributed by atoms with Crippen LogP contribution in [0.25, 0.3) is 0 Å². The first kappa shape index (κ1) is 8.45. The molecule has 0 N–H and O–H groups in total. The predicted molar refractivity (Wildman–Crippen MR) is 36.6 cm³/mol. The molecule has 9 heavy (non-hydrogen) atoms. The van der Waals surface area contributed by atoms with Crippen LogP contribution in [0.1, 0.15) is 0 Å². The minimum Gasteiger partial charge on any atom is -0.0623 e. The number of hydrogen-bond donors (Lipinski definition) is 0. The second kappa shape index (κ2) is 5.59. The first-order chi connectivity index (χ1) is 4.00. The third-order valence-corrected chi connectivity index (χ3v) is 0.889. The van der Waals surface area contributed by atoms with Crippen LogP contribution in [0.15, 0.2) is 48.6 Å². The first-order valence-electron chi connectivity index (χ1n) is 2.67. The third-order valence-electron chi connectivity index (χ3n) is 0.889. The van der Waals surface area contributed by atoms with E-state index in [4.69, 9.17) is 0 Å². The molecule has 0 aromatic heterocycles. The Labute approximate surface area is 65.6 Å². The van der Waals surface area contributed by atoms with Gasteiger partial charge in [-0.25, -0.2) is 0 Å². The number of allylic oxidation sites excluding steroid dienone is 8. The Kier molecular flexibility index (Phi) is 5.25.